The summed E-state index contributed by atoms with van der Waals surface area (Å²) >= 11 is 0. The standard InChI is InChI=1S/C22H17N5O/c1-13(28)23-22-20-8-6-18(26-20)11-16-4-2-14(24-16)10-15-3-5-17(25-15)12-19-7-9-21(22)27-19/h2-12,24,27H,1H3,(H,23,28). The fourth-order valence-corrected chi connectivity index (χ4v) is 3.32. The largest absolute Gasteiger partial charge is 0.355 e. The predicted molar refractivity (Wildman–Crippen MR) is 113 cm³/mol. The van der Waals surface area contributed by atoms with Crippen molar-refractivity contribution in [3.63, 3.8) is 0 Å². The lowest BCUT2D eigenvalue weighted by Crippen LogP contribution is -2.07. The lowest BCUT2D eigenvalue weighted by molar-refractivity contribution is -0.114. The molecule has 0 radical (unpaired) electrons. The smallest absolute Gasteiger partial charge is 0.221 e. The molecule has 3 N–H and O–H groups in total. The van der Waals surface area contributed by atoms with Crippen molar-refractivity contribution in [1.29, 1.82) is 0 Å². The van der Waals surface area contributed by atoms with Crippen molar-refractivity contribution in [2.24, 2.45) is 0 Å². The third-order valence-electron chi connectivity index (χ3n) is 4.52. The summed E-state index contributed by atoms with van der Waals surface area (Å²) in [4.78, 5) is 27.8. The maximum Gasteiger partial charge on any atom is 0.221 e. The van der Waals surface area contributed by atoms with Gasteiger partial charge in [-0.2, -0.15) is 0 Å². The maximum absolute atomic E-state index is 11.8. The molecule has 2 aliphatic heterocycles. The van der Waals surface area contributed by atoms with Crippen LogP contribution >= 0.6 is 0 Å². The van der Waals surface area contributed by atoms with E-state index in [1.54, 1.807) is 0 Å². The second-order valence-electron chi connectivity index (χ2n) is 6.74. The Balaban J connectivity index is 1.86. The molecular weight excluding hydrogens is 350 g/mol. The maximum atomic E-state index is 11.8. The molecule has 0 aliphatic carbocycles. The average molecular weight is 367 g/mol. The first-order valence-electron chi connectivity index (χ1n) is 8.97. The summed E-state index contributed by atoms with van der Waals surface area (Å²) in [6.45, 7) is 1.49. The van der Waals surface area contributed by atoms with Crippen molar-refractivity contribution in [2.45, 2.75) is 6.92 Å². The Hall–Kier alpha value is -3.93. The number of rotatable bonds is 1. The predicted octanol–water partition coefficient (Wildman–Crippen LogP) is 4.61. The lowest BCUT2D eigenvalue weighted by Gasteiger charge is -2.02. The summed E-state index contributed by atoms with van der Waals surface area (Å²) in [5, 5.41) is 2.90. The highest BCUT2D eigenvalue weighted by atomic mass is 16.1. The second kappa shape index (κ2) is 6.35. The Morgan fingerprint density at radius 1 is 0.786 bits per heavy atom. The first-order valence-corrected chi connectivity index (χ1v) is 8.97. The minimum Gasteiger partial charge on any atom is -0.355 e. The van der Waals surface area contributed by atoms with Gasteiger partial charge in [-0.05, 0) is 66.8 Å². The van der Waals surface area contributed by atoms with Gasteiger partial charge in [0.2, 0.25) is 5.91 Å². The fraction of sp³-hybridized carbons (Fsp3) is 0.0455. The van der Waals surface area contributed by atoms with Crippen LogP contribution in [0.15, 0.2) is 42.5 Å². The van der Waals surface area contributed by atoms with Crippen LogP contribution in [0.3, 0.4) is 0 Å². The molecule has 0 saturated carbocycles. The first-order chi connectivity index (χ1) is 13.6. The number of anilines is 1. The zero-order chi connectivity index (χ0) is 19.1. The van der Waals surface area contributed by atoms with Gasteiger partial charge in [0.15, 0.2) is 0 Å². The molecule has 0 aromatic carbocycles. The number of carbonyl (C=O) groups is 1. The van der Waals surface area contributed by atoms with Gasteiger partial charge in [-0.1, -0.05) is 0 Å². The van der Waals surface area contributed by atoms with Crippen molar-refractivity contribution in [2.75, 3.05) is 5.32 Å². The third-order valence-corrected chi connectivity index (χ3v) is 4.52. The molecular formula is C22H17N5O. The number of hydrogen-bond acceptors (Lipinski definition) is 3. The van der Waals surface area contributed by atoms with Gasteiger partial charge in [0.25, 0.3) is 0 Å². The van der Waals surface area contributed by atoms with E-state index in [1.807, 2.05) is 66.8 Å². The van der Waals surface area contributed by atoms with Crippen molar-refractivity contribution in [3.05, 3.63) is 65.2 Å². The van der Waals surface area contributed by atoms with Gasteiger partial charge >= 0.3 is 0 Å². The number of carbonyl (C=O) groups excluding carboxylic acids is 1. The Labute approximate surface area is 160 Å². The number of hydrogen-bond donors (Lipinski definition) is 3. The quantitative estimate of drug-likeness (QED) is 0.404. The van der Waals surface area contributed by atoms with E-state index in [0.29, 0.717) is 11.4 Å². The van der Waals surface area contributed by atoms with E-state index in [-0.39, 0.29) is 5.91 Å². The van der Waals surface area contributed by atoms with Crippen LogP contribution in [0.2, 0.25) is 0 Å². The third kappa shape index (κ3) is 3.12. The van der Waals surface area contributed by atoms with E-state index >= 15 is 0 Å². The number of fused-ring (bicyclic) bond motifs is 8. The first kappa shape index (κ1) is 16.3. The van der Waals surface area contributed by atoms with Gasteiger partial charge < -0.3 is 15.3 Å². The second-order valence-corrected chi connectivity index (χ2v) is 6.74. The Morgan fingerprint density at radius 2 is 1.36 bits per heavy atom. The van der Waals surface area contributed by atoms with E-state index in [4.69, 9.17) is 0 Å². The number of nitrogens with one attached hydrogen (secondary N) is 3. The van der Waals surface area contributed by atoms with Crippen LogP contribution in [-0.2, 0) is 4.79 Å². The van der Waals surface area contributed by atoms with Crippen molar-refractivity contribution >= 4 is 58.0 Å². The highest BCUT2D eigenvalue weighted by molar-refractivity contribution is 5.98. The van der Waals surface area contributed by atoms with Crippen molar-refractivity contribution in [1.82, 2.24) is 19.9 Å². The Bertz CT molecular complexity index is 1320. The van der Waals surface area contributed by atoms with E-state index in [0.717, 1.165) is 39.1 Å². The van der Waals surface area contributed by atoms with Crippen LogP contribution in [0, 0.1) is 0 Å². The molecule has 6 heteroatoms. The minimum atomic E-state index is -0.148. The van der Waals surface area contributed by atoms with Crippen LogP contribution in [0.1, 0.15) is 29.7 Å². The van der Waals surface area contributed by atoms with Gasteiger partial charge in [0, 0.05) is 23.5 Å². The summed E-state index contributed by atoms with van der Waals surface area (Å²) < 4.78 is 0. The molecule has 0 spiro atoms. The summed E-state index contributed by atoms with van der Waals surface area (Å²) in [5.41, 5.74) is 7.52. The highest BCUT2D eigenvalue weighted by Crippen LogP contribution is 2.25. The Kier molecular flexibility index (Phi) is 3.69. The molecule has 6 nitrogen and oxygen atoms in total. The number of amides is 1. The van der Waals surface area contributed by atoms with Crippen LogP contribution < -0.4 is 5.32 Å². The molecule has 5 heterocycles. The van der Waals surface area contributed by atoms with Gasteiger partial charge in [0.1, 0.15) is 0 Å². The van der Waals surface area contributed by atoms with Gasteiger partial charge in [-0.15, -0.1) is 0 Å². The van der Waals surface area contributed by atoms with Crippen molar-refractivity contribution < 1.29 is 4.79 Å². The molecule has 3 aromatic heterocycles. The normalized spacial score (nSPS) is 12.3. The van der Waals surface area contributed by atoms with Crippen molar-refractivity contribution in [3.8, 4) is 0 Å². The monoisotopic (exact) mass is 367 g/mol. The average Bonchev–Trinajstić information content (AvgIpc) is 3.43. The molecule has 1 amide bonds. The van der Waals surface area contributed by atoms with Gasteiger partial charge in [-0.3, -0.25) is 4.79 Å². The lowest BCUT2D eigenvalue weighted by atomic mass is 10.3. The van der Waals surface area contributed by atoms with E-state index < -0.39 is 0 Å². The summed E-state index contributed by atoms with van der Waals surface area (Å²) in [7, 11) is 0. The van der Waals surface area contributed by atoms with Gasteiger partial charge in [0.05, 0.1) is 34.0 Å². The Morgan fingerprint density at radius 3 is 2.04 bits per heavy atom. The van der Waals surface area contributed by atoms with E-state index in [1.165, 1.54) is 6.92 Å². The molecule has 0 saturated heterocycles. The van der Waals surface area contributed by atoms with Crippen LogP contribution in [0.25, 0.3) is 46.4 Å². The molecule has 3 aromatic rings. The van der Waals surface area contributed by atoms with E-state index in [9.17, 15) is 4.79 Å². The van der Waals surface area contributed by atoms with Gasteiger partial charge in [-0.25, -0.2) is 9.97 Å². The van der Waals surface area contributed by atoms with Crippen LogP contribution in [0.5, 0.6) is 0 Å². The summed E-state index contributed by atoms with van der Waals surface area (Å²) in [5.74, 6) is -0.148. The van der Waals surface area contributed by atoms with Crippen LogP contribution in [0.4, 0.5) is 5.69 Å². The summed E-state index contributed by atoms with van der Waals surface area (Å²) in [6, 6.07) is 13.8. The zero-order valence-corrected chi connectivity index (χ0v) is 15.2. The molecule has 5 rings (SSSR count). The molecule has 28 heavy (non-hydrogen) atoms. The molecule has 8 bridgehead atoms. The SMILES string of the molecule is CC(=O)Nc1c2nc(cc3ccc(cc4nc(cc5ccc1[nH]5)C=C4)[nH]3)C=C2. The zero-order valence-electron chi connectivity index (χ0n) is 15.2. The van der Waals surface area contributed by atoms with E-state index in [2.05, 4.69) is 25.3 Å². The number of aromatic amines is 2. The topological polar surface area (TPSA) is 86.5 Å². The van der Waals surface area contributed by atoms with Crippen LogP contribution in [-0.4, -0.2) is 25.8 Å². The molecule has 2 aliphatic rings. The number of nitrogens with zero attached hydrogens (tertiary/aromatic N) is 2. The fourth-order valence-electron chi connectivity index (χ4n) is 3.32. The molecule has 0 fully saturated rings. The molecule has 0 atom stereocenters. The molecule has 136 valence electrons. The number of aromatic nitrogens is 4. The minimum absolute atomic E-state index is 0.148. The highest BCUT2D eigenvalue weighted by Gasteiger charge is 2.09. The summed E-state index contributed by atoms with van der Waals surface area (Å²) in [6.07, 6.45) is 7.79. The molecule has 0 unspecified atom stereocenters. The number of H-pyrrole nitrogens is 2.